The van der Waals surface area contributed by atoms with Crippen LogP contribution in [0.1, 0.15) is 16.8 Å². The maximum absolute atomic E-state index is 12.4. The summed E-state index contributed by atoms with van der Waals surface area (Å²) in [4.78, 5) is 23.5. The topological polar surface area (TPSA) is 66.3 Å². The molecule has 0 fully saturated rings. The summed E-state index contributed by atoms with van der Waals surface area (Å²) >= 11 is 1.56. The summed E-state index contributed by atoms with van der Waals surface area (Å²) in [5.74, 6) is 1.07. The summed E-state index contributed by atoms with van der Waals surface area (Å²) in [5, 5.41) is 6.31. The number of fused-ring (bicyclic) bond motifs is 2. The van der Waals surface area contributed by atoms with Crippen molar-refractivity contribution in [1.82, 2.24) is 24.5 Å². The van der Waals surface area contributed by atoms with E-state index in [1.807, 2.05) is 17.5 Å². The molecule has 0 atom stereocenters. The summed E-state index contributed by atoms with van der Waals surface area (Å²) in [6, 6.07) is 14.1. The zero-order chi connectivity index (χ0) is 17.5. The first-order chi connectivity index (χ1) is 12.8. The van der Waals surface area contributed by atoms with E-state index in [9.17, 15) is 4.79 Å². The molecule has 0 radical (unpaired) electrons. The Hall–Kier alpha value is -2.77. The Morgan fingerprint density at radius 3 is 2.88 bits per heavy atom. The molecule has 0 saturated heterocycles. The van der Waals surface area contributed by atoms with Crippen LogP contribution in [-0.4, -0.2) is 31.0 Å². The average molecular weight is 363 g/mol. The number of rotatable bonds is 3. The van der Waals surface area contributed by atoms with Crippen molar-refractivity contribution in [2.45, 2.75) is 19.5 Å². The maximum Gasteiger partial charge on any atom is 0.275 e. The van der Waals surface area contributed by atoms with Gasteiger partial charge in [-0.25, -0.2) is 0 Å². The number of benzene rings is 1. The lowest BCUT2D eigenvalue weighted by Crippen LogP contribution is -2.31. The molecule has 26 heavy (non-hydrogen) atoms. The van der Waals surface area contributed by atoms with Crippen LogP contribution in [0.4, 0.5) is 0 Å². The molecule has 1 N–H and O–H groups in total. The highest BCUT2D eigenvalue weighted by Gasteiger charge is 2.17. The van der Waals surface area contributed by atoms with E-state index < -0.39 is 0 Å². The molecule has 130 valence electrons. The summed E-state index contributed by atoms with van der Waals surface area (Å²) < 4.78 is 1.34. The van der Waals surface area contributed by atoms with Gasteiger partial charge in [0.1, 0.15) is 0 Å². The fraction of sp³-hybridized carbons (Fsp3) is 0.211. The van der Waals surface area contributed by atoms with Gasteiger partial charge in [0.05, 0.1) is 4.88 Å². The third-order valence-corrected chi connectivity index (χ3v) is 5.60. The van der Waals surface area contributed by atoms with Gasteiger partial charge in [-0.3, -0.25) is 9.69 Å². The van der Waals surface area contributed by atoms with Gasteiger partial charge >= 0.3 is 0 Å². The average Bonchev–Trinajstić information content (AvgIpc) is 3.31. The first kappa shape index (κ1) is 15.5. The molecule has 0 amide bonds. The number of thiophene rings is 1. The lowest BCUT2D eigenvalue weighted by Gasteiger charge is -2.28. The molecule has 6 nitrogen and oxygen atoms in total. The van der Waals surface area contributed by atoms with E-state index in [1.165, 1.54) is 15.6 Å². The molecular formula is C19H17N5OS. The zero-order valence-electron chi connectivity index (χ0n) is 14.1. The van der Waals surface area contributed by atoms with Gasteiger partial charge in [-0.15, -0.1) is 16.4 Å². The predicted octanol–water partition coefficient (Wildman–Crippen LogP) is 2.70. The normalized spacial score (nSPS) is 14.6. The Labute approximate surface area is 153 Å². The third-order valence-electron chi connectivity index (χ3n) is 4.73. The summed E-state index contributed by atoms with van der Waals surface area (Å²) in [6.07, 6.45) is 1.04. The smallest absolute Gasteiger partial charge is 0.275 e. The summed E-state index contributed by atoms with van der Waals surface area (Å²) in [5.41, 5.74) is 3.50. The van der Waals surface area contributed by atoms with E-state index in [2.05, 4.69) is 44.2 Å². The minimum absolute atomic E-state index is 0.151. The van der Waals surface area contributed by atoms with Crippen molar-refractivity contribution in [2.75, 3.05) is 6.54 Å². The van der Waals surface area contributed by atoms with Gasteiger partial charge < -0.3 is 4.98 Å². The van der Waals surface area contributed by atoms with E-state index in [0.29, 0.717) is 18.1 Å². The molecule has 0 saturated carbocycles. The molecule has 3 aromatic heterocycles. The van der Waals surface area contributed by atoms with Crippen LogP contribution in [0.15, 0.2) is 52.6 Å². The first-order valence-corrected chi connectivity index (χ1v) is 9.46. The molecule has 0 aliphatic carbocycles. The Kier molecular flexibility index (Phi) is 3.69. The van der Waals surface area contributed by atoms with E-state index in [-0.39, 0.29) is 5.56 Å². The molecule has 4 heterocycles. The highest BCUT2D eigenvalue weighted by Crippen LogP contribution is 2.22. The van der Waals surface area contributed by atoms with Crippen molar-refractivity contribution in [3.63, 3.8) is 0 Å². The van der Waals surface area contributed by atoms with Crippen LogP contribution in [0.5, 0.6) is 0 Å². The van der Waals surface area contributed by atoms with E-state index in [4.69, 9.17) is 0 Å². The minimum atomic E-state index is -0.151. The first-order valence-electron chi connectivity index (χ1n) is 8.58. The standard InChI is InChI=1S/C19H17N5OS/c25-17-10-15(12-23-8-7-13-4-1-2-5-14(13)11-23)20-19-21-18(22-24(17)19)16-6-3-9-26-16/h1-6,9-10H,7-8,11-12H2,(H,20,21,22). The van der Waals surface area contributed by atoms with Crippen molar-refractivity contribution >= 4 is 17.1 Å². The number of nitrogens with one attached hydrogen (secondary N) is 1. The van der Waals surface area contributed by atoms with E-state index >= 15 is 0 Å². The van der Waals surface area contributed by atoms with Crippen LogP contribution >= 0.6 is 11.3 Å². The van der Waals surface area contributed by atoms with Gasteiger partial charge in [0.15, 0.2) is 5.82 Å². The lowest BCUT2D eigenvalue weighted by atomic mass is 10.00. The predicted molar refractivity (Wildman–Crippen MR) is 101 cm³/mol. The number of aromatic nitrogens is 4. The number of hydrogen-bond acceptors (Lipinski definition) is 5. The Bertz CT molecular complexity index is 1130. The van der Waals surface area contributed by atoms with Crippen LogP contribution in [0.25, 0.3) is 16.5 Å². The molecule has 0 bridgehead atoms. The van der Waals surface area contributed by atoms with Crippen molar-refractivity contribution in [1.29, 1.82) is 0 Å². The maximum atomic E-state index is 12.4. The van der Waals surface area contributed by atoms with Crippen LogP contribution in [-0.2, 0) is 19.5 Å². The van der Waals surface area contributed by atoms with Crippen molar-refractivity contribution in [2.24, 2.45) is 0 Å². The van der Waals surface area contributed by atoms with Gasteiger partial charge in [-0.05, 0) is 29.0 Å². The highest BCUT2D eigenvalue weighted by atomic mass is 32.1. The number of aromatic amines is 1. The molecule has 1 aliphatic rings. The summed E-state index contributed by atoms with van der Waals surface area (Å²) in [7, 11) is 0. The van der Waals surface area contributed by atoms with Crippen LogP contribution in [0.3, 0.4) is 0 Å². The highest BCUT2D eigenvalue weighted by molar-refractivity contribution is 7.13. The largest absolute Gasteiger partial charge is 0.326 e. The van der Waals surface area contributed by atoms with Gasteiger partial charge in [-0.1, -0.05) is 30.3 Å². The number of hydrogen-bond donors (Lipinski definition) is 1. The van der Waals surface area contributed by atoms with Crippen molar-refractivity contribution in [3.05, 3.63) is 75.0 Å². The van der Waals surface area contributed by atoms with Crippen LogP contribution < -0.4 is 5.56 Å². The van der Waals surface area contributed by atoms with Crippen LogP contribution in [0, 0.1) is 0 Å². The second-order valence-electron chi connectivity index (χ2n) is 6.51. The third kappa shape index (κ3) is 2.75. The second kappa shape index (κ2) is 6.19. The van der Waals surface area contributed by atoms with Gasteiger partial charge in [0, 0.05) is 31.4 Å². The van der Waals surface area contributed by atoms with E-state index in [0.717, 1.165) is 30.1 Å². The quantitative estimate of drug-likeness (QED) is 0.608. The second-order valence-corrected chi connectivity index (χ2v) is 7.46. The zero-order valence-corrected chi connectivity index (χ0v) is 14.9. The Morgan fingerprint density at radius 1 is 1.15 bits per heavy atom. The van der Waals surface area contributed by atoms with Crippen molar-refractivity contribution < 1.29 is 0 Å². The Balaban J connectivity index is 1.44. The number of nitrogens with zero attached hydrogens (tertiary/aromatic N) is 4. The van der Waals surface area contributed by atoms with Gasteiger partial charge in [0.2, 0.25) is 5.78 Å². The lowest BCUT2D eigenvalue weighted by molar-refractivity contribution is 0.242. The summed E-state index contributed by atoms with van der Waals surface area (Å²) in [6.45, 7) is 2.58. The van der Waals surface area contributed by atoms with Gasteiger partial charge in [0.25, 0.3) is 5.56 Å². The van der Waals surface area contributed by atoms with Crippen LogP contribution in [0.2, 0.25) is 0 Å². The van der Waals surface area contributed by atoms with Crippen molar-refractivity contribution in [3.8, 4) is 10.7 Å². The fourth-order valence-electron chi connectivity index (χ4n) is 3.46. The molecular weight excluding hydrogens is 346 g/mol. The molecule has 7 heteroatoms. The fourth-order valence-corrected chi connectivity index (χ4v) is 4.11. The molecule has 0 spiro atoms. The van der Waals surface area contributed by atoms with E-state index in [1.54, 1.807) is 17.4 Å². The van der Waals surface area contributed by atoms with Gasteiger partial charge in [-0.2, -0.15) is 9.50 Å². The minimum Gasteiger partial charge on any atom is -0.326 e. The molecule has 5 rings (SSSR count). The monoisotopic (exact) mass is 363 g/mol. The molecule has 0 unspecified atom stereocenters. The number of H-pyrrole nitrogens is 1. The molecule has 4 aromatic rings. The molecule has 1 aliphatic heterocycles. The molecule has 1 aromatic carbocycles. The SMILES string of the molecule is O=c1cc(CN2CCc3ccccc3C2)[nH]c2nc(-c3cccs3)nn12. The Morgan fingerprint density at radius 2 is 2.04 bits per heavy atom.